The van der Waals surface area contributed by atoms with E-state index in [9.17, 15) is 14.4 Å². The molecule has 3 amide bonds. The molecule has 1 heterocycles. The molecule has 0 aromatic heterocycles. The van der Waals surface area contributed by atoms with E-state index in [0.717, 1.165) is 4.90 Å². The van der Waals surface area contributed by atoms with Crippen LogP contribution in [0.3, 0.4) is 0 Å². The molecule has 0 unspecified atom stereocenters. The molecule has 7 heteroatoms. The SMILES string of the molecule is C=CCN1C(=O)C(Nc2ccc(OCC)cc2)=C(c2ccc(NC(C)=O)cc2)C1=O. The summed E-state index contributed by atoms with van der Waals surface area (Å²) < 4.78 is 5.44. The zero-order valence-corrected chi connectivity index (χ0v) is 16.9. The third-order valence-electron chi connectivity index (χ3n) is 4.41. The summed E-state index contributed by atoms with van der Waals surface area (Å²) in [7, 11) is 0. The second kappa shape index (κ2) is 9.09. The minimum Gasteiger partial charge on any atom is -0.494 e. The van der Waals surface area contributed by atoms with Crippen molar-refractivity contribution in [2.45, 2.75) is 13.8 Å². The first-order valence-electron chi connectivity index (χ1n) is 9.53. The highest BCUT2D eigenvalue weighted by atomic mass is 16.5. The maximum atomic E-state index is 13.0. The fourth-order valence-corrected chi connectivity index (χ4v) is 3.12. The van der Waals surface area contributed by atoms with Gasteiger partial charge in [-0.3, -0.25) is 19.3 Å². The van der Waals surface area contributed by atoms with Crippen molar-refractivity contribution in [1.29, 1.82) is 0 Å². The molecule has 0 bridgehead atoms. The van der Waals surface area contributed by atoms with Gasteiger partial charge in [0.1, 0.15) is 11.4 Å². The molecule has 0 saturated heterocycles. The van der Waals surface area contributed by atoms with Gasteiger partial charge in [-0.1, -0.05) is 18.2 Å². The Kier molecular flexibility index (Phi) is 6.32. The Labute approximate surface area is 175 Å². The van der Waals surface area contributed by atoms with E-state index in [-0.39, 0.29) is 23.7 Å². The number of rotatable bonds is 8. The van der Waals surface area contributed by atoms with Gasteiger partial charge in [0.15, 0.2) is 0 Å². The third-order valence-corrected chi connectivity index (χ3v) is 4.41. The molecule has 7 nitrogen and oxygen atoms in total. The molecule has 2 aromatic rings. The smallest absolute Gasteiger partial charge is 0.278 e. The van der Waals surface area contributed by atoms with Gasteiger partial charge in [-0.05, 0) is 48.9 Å². The van der Waals surface area contributed by atoms with E-state index >= 15 is 0 Å². The summed E-state index contributed by atoms with van der Waals surface area (Å²) in [5.74, 6) is -0.299. The van der Waals surface area contributed by atoms with Gasteiger partial charge in [0.25, 0.3) is 11.8 Å². The predicted molar refractivity (Wildman–Crippen MR) is 116 cm³/mol. The van der Waals surface area contributed by atoms with Gasteiger partial charge in [-0.2, -0.15) is 0 Å². The fourth-order valence-electron chi connectivity index (χ4n) is 3.12. The molecular formula is C23H23N3O4. The molecule has 1 aliphatic heterocycles. The topological polar surface area (TPSA) is 87.7 Å². The average molecular weight is 405 g/mol. The van der Waals surface area contributed by atoms with Crippen molar-refractivity contribution in [2.75, 3.05) is 23.8 Å². The Hall–Kier alpha value is -3.87. The molecule has 0 fully saturated rings. The molecule has 0 atom stereocenters. The highest BCUT2D eigenvalue weighted by Gasteiger charge is 2.38. The van der Waals surface area contributed by atoms with Gasteiger partial charge >= 0.3 is 0 Å². The van der Waals surface area contributed by atoms with E-state index in [2.05, 4.69) is 17.2 Å². The molecule has 0 radical (unpaired) electrons. The van der Waals surface area contributed by atoms with Crippen LogP contribution in [0.15, 0.2) is 66.9 Å². The number of hydrogen-bond acceptors (Lipinski definition) is 5. The number of anilines is 2. The van der Waals surface area contributed by atoms with E-state index < -0.39 is 11.8 Å². The van der Waals surface area contributed by atoms with E-state index in [0.29, 0.717) is 29.3 Å². The predicted octanol–water partition coefficient (Wildman–Crippen LogP) is 3.42. The number of amides is 3. The number of nitrogens with zero attached hydrogens (tertiary/aromatic N) is 1. The van der Waals surface area contributed by atoms with Crippen molar-refractivity contribution in [2.24, 2.45) is 0 Å². The number of carbonyl (C=O) groups excluding carboxylic acids is 3. The molecule has 2 N–H and O–H groups in total. The molecule has 2 aromatic carbocycles. The van der Waals surface area contributed by atoms with Gasteiger partial charge in [-0.25, -0.2) is 0 Å². The number of nitrogens with one attached hydrogen (secondary N) is 2. The minimum atomic E-state index is -0.422. The summed E-state index contributed by atoms with van der Waals surface area (Å²) in [6.07, 6.45) is 1.51. The van der Waals surface area contributed by atoms with Crippen LogP contribution in [0.25, 0.3) is 5.57 Å². The summed E-state index contributed by atoms with van der Waals surface area (Å²) in [5.41, 5.74) is 2.29. The van der Waals surface area contributed by atoms with Gasteiger partial charge in [0.2, 0.25) is 5.91 Å². The van der Waals surface area contributed by atoms with Crippen molar-refractivity contribution in [3.63, 3.8) is 0 Å². The molecule has 3 rings (SSSR count). The number of ether oxygens (including phenoxy) is 1. The molecular weight excluding hydrogens is 382 g/mol. The number of carbonyl (C=O) groups is 3. The fraction of sp³-hybridized carbons (Fsp3) is 0.174. The number of hydrogen-bond donors (Lipinski definition) is 2. The molecule has 154 valence electrons. The first-order valence-corrected chi connectivity index (χ1v) is 9.53. The second-order valence-electron chi connectivity index (χ2n) is 6.60. The van der Waals surface area contributed by atoms with Crippen molar-refractivity contribution >= 4 is 34.7 Å². The van der Waals surface area contributed by atoms with Gasteiger partial charge in [0, 0.05) is 24.8 Å². The zero-order chi connectivity index (χ0) is 21.7. The maximum Gasteiger partial charge on any atom is 0.278 e. The van der Waals surface area contributed by atoms with Crippen molar-refractivity contribution in [1.82, 2.24) is 4.90 Å². The summed E-state index contributed by atoms with van der Waals surface area (Å²) >= 11 is 0. The number of imide groups is 1. The molecule has 0 spiro atoms. The van der Waals surface area contributed by atoms with Crippen molar-refractivity contribution in [3.8, 4) is 5.75 Å². The molecule has 0 saturated carbocycles. The van der Waals surface area contributed by atoms with Gasteiger partial charge in [0.05, 0.1) is 12.2 Å². The van der Waals surface area contributed by atoms with Crippen LogP contribution in [-0.2, 0) is 14.4 Å². The third kappa shape index (κ3) is 4.41. The Morgan fingerprint density at radius 2 is 1.67 bits per heavy atom. The van der Waals surface area contributed by atoms with Crippen LogP contribution in [0, 0.1) is 0 Å². The Morgan fingerprint density at radius 3 is 2.23 bits per heavy atom. The number of benzene rings is 2. The second-order valence-corrected chi connectivity index (χ2v) is 6.60. The summed E-state index contributed by atoms with van der Waals surface area (Å²) in [5, 5.41) is 5.76. The van der Waals surface area contributed by atoms with Crippen LogP contribution in [0.1, 0.15) is 19.4 Å². The van der Waals surface area contributed by atoms with Crippen LogP contribution in [0.4, 0.5) is 11.4 Å². The lowest BCUT2D eigenvalue weighted by Crippen LogP contribution is -2.32. The first-order chi connectivity index (χ1) is 14.4. The Bertz CT molecular complexity index is 1010. The van der Waals surface area contributed by atoms with Crippen LogP contribution >= 0.6 is 0 Å². The summed E-state index contributed by atoms with van der Waals surface area (Å²) in [6, 6.07) is 13.9. The lowest BCUT2D eigenvalue weighted by Gasteiger charge is -2.12. The summed E-state index contributed by atoms with van der Waals surface area (Å²) in [4.78, 5) is 38.3. The average Bonchev–Trinajstić information content (AvgIpc) is 2.94. The van der Waals surface area contributed by atoms with E-state index in [4.69, 9.17) is 4.74 Å². The molecule has 1 aliphatic rings. The highest BCUT2D eigenvalue weighted by Crippen LogP contribution is 2.31. The van der Waals surface area contributed by atoms with Gasteiger partial charge < -0.3 is 15.4 Å². The van der Waals surface area contributed by atoms with Crippen LogP contribution in [-0.4, -0.2) is 35.8 Å². The van der Waals surface area contributed by atoms with Gasteiger partial charge in [-0.15, -0.1) is 6.58 Å². The Morgan fingerprint density at radius 1 is 1.03 bits per heavy atom. The maximum absolute atomic E-state index is 13.0. The highest BCUT2D eigenvalue weighted by molar-refractivity contribution is 6.36. The first kappa shape index (κ1) is 20.9. The lowest BCUT2D eigenvalue weighted by molar-refractivity contribution is -0.136. The Balaban J connectivity index is 1.97. The van der Waals surface area contributed by atoms with Crippen LogP contribution in [0.2, 0.25) is 0 Å². The van der Waals surface area contributed by atoms with E-state index in [1.54, 1.807) is 48.5 Å². The van der Waals surface area contributed by atoms with E-state index in [1.807, 2.05) is 6.92 Å². The summed E-state index contributed by atoms with van der Waals surface area (Å²) in [6.45, 7) is 7.61. The van der Waals surface area contributed by atoms with Crippen LogP contribution in [0.5, 0.6) is 5.75 Å². The standard InChI is InChI=1S/C23H23N3O4/c1-4-14-26-22(28)20(16-6-8-17(9-7-16)24-15(3)27)21(23(26)29)25-18-10-12-19(13-11-18)30-5-2/h4,6-13,25H,1,5,14H2,2-3H3,(H,24,27). The largest absolute Gasteiger partial charge is 0.494 e. The normalized spacial score (nSPS) is 13.5. The molecule has 0 aliphatic carbocycles. The minimum absolute atomic E-state index is 0.111. The lowest BCUT2D eigenvalue weighted by atomic mass is 10.0. The van der Waals surface area contributed by atoms with E-state index in [1.165, 1.54) is 13.0 Å². The van der Waals surface area contributed by atoms with Crippen molar-refractivity contribution < 1.29 is 19.1 Å². The van der Waals surface area contributed by atoms with Crippen LogP contribution < -0.4 is 15.4 Å². The quantitative estimate of drug-likeness (QED) is 0.519. The zero-order valence-electron chi connectivity index (χ0n) is 16.9. The molecule has 30 heavy (non-hydrogen) atoms. The monoisotopic (exact) mass is 405 g/mol. The van der Waals surface area contributed by atoms with Crippen molar-refractivity contribution in [3.05, 3.63) is 72.4 Å².